The molecule has 6 heteroatoms. The summed E-state index contributed by atoms with van der Waals surface area (Å²) in [4.78, 5) is 14.2. The lowest BCUT2D eigenvalue weighted by molar-refractivity contribution is -0.123. The highest BCUT2D eigenvalue weighted by Crippen LogP contribution is 2.49. The molecule has 0 bridgehead atoms. The lowest BCUT2D eigenvalue weighted by Crippen LogP contribution is -2.57. The molecule has 1 fully saturated rings. The topological polar surface area (TPSA) is 29.5 Å². The highest BCUT2D eigenvalue weighted by atomic mass is 35.5. The number of para-hydroxylation sites is 1. The van der Waals surface area contributed by atoms with Crippen LogP contribution in [0.1, 0.15) is 6.92 Å². The van der Waals surface area contributed by atoms with E-state index in [1.165, 1.54) is 16.7 Å². The Hall–Kier alpha value is -0.420. The van der Waals surface area contributed by atoms with Gasteiger partial charge in [0.25, 0.3) is 5.91 Å². The van der Waals surface area contributed by atoms with Crippen LogP contribution in [0.15, 0.2) is 30.3 Å². The van der Waals surface area contributed by atoms with Crippen molar-refractivity contribution in [1.82, 2.24) is 0 Å². The van der Waals surface area contributed by atoms with Crippen LogP contribution < -0.4 is 4.90 Å². The van der Waals surface area contributed by atoms with Gasteiger partial charge in [0.1, 0.15) is 0 Å². The normalized spacial score (nSPS) is 30.9. The zero-order chi connectivity index (χ0) is 14.1. The van der Waals surface area contributed by atoms with E-state index >= 15 is 0 Å². The number of nitrogens with zero attached hydrogens (tertiary/aromatic N) is 1. The Morgan fingerprint density at radius 3 is 2.58 bits per heavy atom. The molecule has 2 unspecified atom stereocenters. The third-order valence-electron chi connectivity index (χ3n) is 3.05. The minimum absolute atomic E-state index is 0.275. The van der Waals surface area contributed by atoms with Gasteiger partial charge in [0, 0.05) is 18.5 Å². The van der Waals surface area contributed by atoms with Crippen LogP contribution in [0.25, 0.3) is 0 Å². The fourth-order valence-corrected chi connectivity index (χ4v) is 3.63. The highest BCUT2D eigenvalue weighted by Gasteiger charge is 2.56. The zero-order valence-corrected chi connectivity index (χ0v) is 13.1. The number of carbonyl (C=O) groups excluding carboxylic acids is 1. The van der Waals surface area contributed by atoms with Gasteiger partial charge in [0.05, 0.1) is 6.61 Å². The highest BCUT2D eigenvalue weighted by molar-refractivity contribution is 8.03. The van der Waals surface area contributed by atoms with Gasteiger partial charge in [-0.2, -0.15) is 0 Å². The number of halogens is 2. The van der Waals surface area contributed by atoms with E-state index in [1.54, 1.807) is 14.0 Å². The number of thioether (sulfide) groups is 1. The van der Waals surface area contributed by atoms with Crippen LogP contribution in [0.4, 0.5) is 5.69 Å². The van der Waals surface area contributed by atoms with Crippen molar-refractivity contribution in [2.24, 2.45) is 0 Å². The summed E-state index contributed by atoms with van der Waals surface area (Å²) >= 11 is 14.1. The van der Waals surface area contributed by atoms with Crippen LogP contribution in [0.2, 0.25) is 0 Å². The molecule has 1 aromatic rings. The number of benzene rings is 1. The molecule has 3 nitrogen and oxygen atoms in total. The summed E-state index contributed by atoms with van der Waals surface area (Å²) in [7, 11) is 1.68. The van der Waals surface area contributed by atoms with Gasteiger partial charge in [0.2, 0.25) is 4.21 Å². The molecule has 0 N–H and O–H groups in total. The first kappa shape index (κ1) is 15.0. The van der Waals surface area contributed by atoms with Crippen LogP contribution in [0, 0.1) is 0 Å². The Labute approximate surface area is 127 Å². The van der Waals surface area contributed by atoms with Gasteiger partial charge >= 0.3 is 0 Å². The Bertz CT molecular complexity index is 469. The first-order valence-electron chi connectivity index (χ1n) is 5.87. The van der Waals surface area contributed by atoms with E-state index in [1.807, 2.05) is 30.3 Å². The maximum absolute atomic E-state index is 12.6. The van der Waals surface area contributed by atoms with Gasteiger partial charge in [-0.05, 0) is 19.1 Å². The molecule has 1 aromatic carbocycles. The lowest BCUT2D eigenvalue weighted by atomic mass is 10.2. The van der Waals surface area contributed by atoms with Gasteiger partial charge in [-0.1, -0.05) is 41.4 Å². The van der Waals surface area contributed by atoms with E-state index in [0.29, 0.717) is 12.4 Å². The smallest absolute Gasteiger partial charge is 0.262 e. The molecule has 1 aliphatic heterocycles. The molecule has 0 saturated carbocycles. The summed E-state index contributed by atoms with van der Waals surface area (Å²) in [5, 5.41) is -1.22. The third-order valence-corrected chi connectivity index (χ3v) is 5.84. The standard InChI is InChI=1S/C13H15Cl2NO2S/c1-12(14)13(15,19-9-8-18-12)11(17)16(2)10-6-4-3-5-7-10/h3-7H,8-9H2,1-2H3. The first-order valence-corrected chi connectivity index (χ1v) is 7.61. The SMILES string of the molecule is CN(C(=O)C1(Cl)SCCOC1(C)Cl)c1ccccc1. The van der Waals surface area contributed by atoms with Crippen molar-refractivity contribution in [3.05, 3.63) is 30.3 Å². The van der Waals surface area contributed by atoms with Crippen molar-refractivity contribution < 1.29 is 9.53 Å². The van der Waals surface area contributed by atoms with E-state index in [2.05, 4.69) is 0 Å². The zero-order valence-electron chi connectivity index (χ0n) is 10.7. The number of carbonyl (C=O) groups is 1. The summed E-state index contributed by atoms with van der Waals surface area (Å²) in [6.45, 7) is 2.12. The number of hydrogen-bond donors (Lipinski definition) is 0. The predicted molar refractivity (Wildman–Crippen MR) is 81.1 cm³/mol. The van der Waals surface area contributed by atoms with E-state index in [4.69, 9.17) is 27.9 Å². The number of hydrogen-bond acceptors (Lipinski definition) is 3. The minimum atomic E-state index is -1.32. The van der Waals surface area contributed by atoms with Gasteiger partial charge < -0.3 is 9.64 Å². The molecule has 0 spiro atoms. The van der Waals surface area contributed by atoms with E-state index in [9.17, 15) is 4.79 Å². The van der Waals surface area contributed by atoms with Gasteiger partial charge in [-0.25, -0.2) is 0 Å². The van der Waals surface area contributed by atoms with Gasteiger partial charge in [-0.3, -0.25) is 4.79 Å². The lowest BCUT2D eigenvalue weighted by Gasteiger charge is -2.42. The third kappa shape index (κ3) is 2.72. The fraction of sp³-hybridized carbons (Fsp3) is 0.462. The number of amides is 1. The molecular formula is C13H15Cl2NO2S. The second kappa shape index (κ2) is 5.52. The number of rotatable bonds is 2. The number of alkyl halides is 2. The molecule has 2 rings (SSSR count). The first-order chi connectivity index (χ1) is 8.88. The molecule has 0 radical (unpaired) electrons. The Morgan fingerprint density at radius 1 is 1.37 bits per heavy atom. The molecular weight excluding hydrogens is 305 g/mol. The molecule has 1 aliphatic rings. The van der Waals surface area contributed by atoms with Crippen molar-refractivity contribution in [3.63, 3.8) is 0 Å². The van der Waals surface area contributed by atoms with Gasteiger partial charge in [-0.15, -0.1) is 11.8 Å². The molecule has 1 saturated heterocycles. The molecule has 1 amide bonds. The molecule has 0 aromatic heterocycles. The van der Waals surface area contributed by atoms with Crippen molar-refractivity contribution in [2.75, 3.05) is 24.3 Å². The summed E-state index contributed by atoms with van der Waals surface area (Å²) in [5.74, 6) is 0.364. The predicted octanol–water partition coefficient (Wildman–Crippen LogP) is 3.30. The monoisotopic (exact) mass is 319 g/mol. The maximum Gasteiger partial charge on any atom is 0.262 e. The molecule has 2 atom stereocenters. The average molecular weight is 320 g/mol. The van der Waals surface area contributed by atoms with Crippen molar-refractivity contribution in [3.8, 4) is 0 Å². The van der Waals surface area contributed by atoms with Crippen LogP contribution in [0.3, 0.4) is 0 Å². The summed E-state index contributed by atoms with van der Waals surface area (Å²) in [6.07, 6.45) is 0. The largest absolute Gasteiger partial charge is 0.356 e. The molecule has 0 aliphatic carbocycles. The minimum Gasteiger partial charge on any atom is -0.356 e. The maximum atomic E-state index is 12.6. The van der Waals surface area contributed by atoms with Crippen LogP contribution >= 0.6 is 35.0 Å². The van der Waals surface area contributed by atoms with Crippen LogP contribution in [-0.2, 0) is 9.53 Å². The molecule has 1 heterocycles. The number of anilines is 1. The van der Waals surface area contributed by atoms with Crippen molar-refractivity contribution >= 4 is 46.6 Å². The van der Waals surface area contributed by atoms with E-state index in [0.717, 1.165) is 5.69 Å². The van der Waals surface area contributed by atoms with E-state index < -0.39 is 9.27 Å². The van der Waals surface area contributed by atoms with Crippen LogP contribution in [-0.4, -0.2) is 34.6 Å². The fourth-order valence-electron chi connectivity index (χ4n) is 1.87. The quantitative estimate of drug-likeness (QED) is 0.783. The van der Waals surface area contributed by atoms with E-state index in [-0.39, 0.29) is 5.91 Å². The second-order valence-corrected chi connectivity index (χ2v) is 7.23. The Morgan fingerprint density at radius 2 is 2.00 bits per heavy atom. The Kier molecular flexibility index (Phi) is 4.35. The van der Waals surface area contributed by atoms with Crippen molar-refractivity contribution in [1.29, 1.82) is 0 Å². The van der Waals surface area contributed by atoms with Crippen LogP contribution in [0.5, 0.6) is 0 Å². The molecule has 104 valence electrons. The summed E-state index contributed by atoms with van der Waals surface area (Å²) in [6, 6.07) is 9.31. The van der Waals surface area contributed by atoms with Gasteiger partial charge in [0.15, 0.2) is 5.06 Å². The number of ether oxygens (including phenoxy) is 1. The summed E-state index contributed by atoms with van der Waals surface area (Å²) < 4.78 is 4.13. The summed E-state index contributed by atoms with van der Waals surface area (Å²) in [5.41, 5.74) is 0.770. The second-order valence-electron chi connectivity index (χ2n) is 4.41. The average Bonchev–Trinajstić information content (AvgIpc) is 2.41. The van der Waals surface area contributed by atoms with Crippen molar-refractivity contribution in [2.45, 2.75) is 16.2 Å². The Balaban J connectivity index is 2.28. The molecule has 19 heavy (non-hydrogen) atoms.